The molecule has 0 saturated carbocycles. The third-order valence-electron chi connectivity index (χ3n) is 2.71. The molecule has 2 aromatic carbocycles. The molecule has 0 amide bonds. The van der Waals surface area contributed by atoms with Gasteiger partial charge < -0.3 is 4.74 Å². The average Bonchev–Trinajstić information content (AvgIpc) is 2.45. The molecule has 2 aromatic rings. The van der Waals surface area contributed by atoms with Gasteiger partial charge in [-0.15, -0.1) is 0 Å². The maximum atomic E-state index is 10.9. The summed E-state index contributed by atoms with van der Waals surface area (Å²) in [5, 5.41) is 0. The van der Waals surface area contributed by atoms with Crippen molar-refractivity contribution >= 4 is 31.0 Å². The van der Waals surface area contributed by atoms with Crippen LogP contribution in [0.2, 0.25) is 0 Å². The first kappa shape index (κ1) is 22.4. The predicted octanol–water partition coefficient (Wildman–Crippen LogP) is 5.56. The van der Waals surface area contributed by atoms with Crippen LogP contribution in [0.4, 0.5) is 20.8 Å². The van der Waals surface area contributed by atoms with Crippen LogP contribution in [0.5, 0.6) is 5.75 Å². The Labute approximate surface area is 151 Å². The molecule has 0 saturated heterocycles. The molecular weight excluding hydrogens is 445 g/mol. The molecule has 0 spiro atoms. The molecule has 0 aliphatic rings. The van der Waals surface area contributed by atoms with Crippen LogP contribution in [-0.4, -0.2) is 26.4 Å². The van der Waals surface area contributed by atoms with E-state index in [-0.39, 0.29) is 16.9 Å². The van der Waals surface area contributed by atoms with Gasteiger partial charge >= 0.3 is 40.9 Å². The fourth-order valence-corrected chi connectivity index (χ4v) is 3.27. The molecular formula is C16H17AsF6O2S. The van der Waals surface area contributed by atoms with Crippen LogP contribution in [0.15, 0.2) is 59.5 Å². The van der Waals surface area contributed by atoms with Crippen LogP contribution < -0.4 is 4.74 Å². The van der Waals surface area contributed by atoms with Gasteiger partial charge in [-0.05, 0) is 24.3 Å². The molecule has 146 valence electrons. The third kappa shape index (κ3) is 12.7. The molecule has 0 fully saturated rings. The average molecular weight is 462 g/mol. The minimum atomic E-state index is -11.1. The number of hydrogen-bond acceptors (Lipinski definition) is 2. The van der Waals surface area contributed by atoms with Crippen molar-refractivity contribution in [3.8, 4) is 5.75 Å². The Hall–Kier alpha value is -1.60. The Bertz CT molecular complexity index is 721. The number of rotatable bonds is 4. The van der Waals surface area contributed by atoms with Crippen molar-refractivity contribution in [2.75, 3.05) is 6.26 Å². The molecule has 2 rings (SSSR count). The van der Waals surface area contributed by atoms with Crippen molar-refractivity contribution < 1.29 is 30.3 Å². The van der Waals surface area contributed by atoms with E-state index in [1.165, 1.54) is 17.4 Å². The number of carbonyl (C=O) groups excluding carboxylic acids is 1. The fourth-order valence-electron chi connectivity index (χ4n) is 1.81. The Morgan fingerprint density at radius 2 is 1.38 bits per heavy atom. The Morgan fingerprint density at radius 3 is 1.81 bits per heavy atom. The van der Waals surface area contributed by atoms with E-state index >= 15 is 0 Å². The van der Waals surface area contributed by atoms with Gasteiger partial charge in [0.15, 0.2) is 4.90 Å². The Balaban J connectivity index is 0.000000412. The molecule has 0 aliphatic carbocycles. The van der Waals surface area contributed by atoms with Crippen LogP contribution in [0.3, 0.4) is 0 Å². The van der Waals surface area contributed by atoms with Crippen molar-refractivity contribution in [2.45, 2.75) is 17.6 Å². The van der Waals surface area contributed by atoms with Crippen LogP contribution in [0.25, 0.3) is 0 Å². The normalized spacial score (nSPS) is 14.9. The van der Waals surface area contributed by atoms with Crippen molar-refractivity contribution in [3.63, 3.8) is 0 Å². The van der Waals surface area contributed by atoms with Gasteiger partial charge in [-0.2, -0.15) is 0 Å². The monoisotopic (exact) mass is 462 g/mol. The summed E-state index contributed by atoms with van der Waals surface area (Å²) in [4.78, 5) is 12.1. The maximum absolute atomic E-state index is 11.1. The summed E-state index contributed by atoms with van der Waals surface area (Å²) in [7, 11) is 0.154. The van der Waals surface area contributed by atoms with Gasteiger partial charge in [0, 0.05) is 23.4 Å². The second kappa shape index (κ2) is 7.56. The number of ether oxygens (including phenoxy) is 1. The van der Waals surface area contributed by atoms with Crippen molar-refractivity contribution in [3.05, 3.63) is 60.2 Å². The van der Waals surface area contributed by atoms with Gasteiger partial charge in [-0.3, -0.25) is 4.79 Å². The van der Waals surface area contributed by atoms with Gasteiger partial charge in [-0.25, -0.2) is 0 Å². The zero-order valence-corrected chi connectivity index (χ0v) is 16.5. The van der Waals surface area contributed by atoms with E-state index in [9.17, 15) is 25.6 Å². The fraction of sp³-hybridized carbons (Fsp3) is 0.188. The Morgan fingerprint density at radius 1 is 0.923 bits per heavy atom. The zero-order valence-electron chi connectivity index (χ0n) is 13.8. The topological polar surface area (TPSA) is 26.3 Å². The first-order valence-electron chi connectivity index (χ1n) is 7.11. The molecule has 0 radical (unpaired) electrons. The predicted molar refractivity (Wildman–Crippen MR) is 91.9 cm³/mol. The second-order valence-electron chi connectivity index (χ2n) is 5.29. The summed E-state index contributed by atoms with van der Waals surface area (Å²) in [6.45, 7) is 1.41. The number of carbonyl (C=O) groups is 1. The molecule has 0 aliphatic heterocycles. The van der Waals surface area contributed by atoms with E-state index in [0.717, 1.165) is 5.75 Å². The third-order valence-corrected chi connectivity index (χ3v) is 4.56. The first-order valence-corrected chi connectivity index (χ1v) is 13.2. The van der Waals surface area contributed by atoms with Crippen LogP contribution in [0.1, 0.15) is 12.5 Å². The summed E-state index contributed by atoms with van der Waals surface area (Å²) < 4.78 is 64.5. The van der Waals surface area contributed by atoms with Crippen molar-refractivity contribution in [1.29, 1.82) is 0 Å². The molecule has 2 nitrogen and oxygen atoms in total. The van der Waals surface area contributed by atoms with Gasteiger partial charge in [0.05, 0.1) is 0 Å². The second-order valence-corrected chi connectivity index (χ2v) is 11.3. The van der Waals surface area contributed by atoms with E-state index in [1.54, 1.807) is 0 Å². The molecule has 1 atom stereocenters. The number of esters is 1. The van der Waals surface area contributed by atoms with Gasteiger partial charge in [0.2, 0.25) is 0 Å². The summed E-state index contributed by atoms with van der Waals surface area (Å²) >= 11 is -11.1. The van der Waals surface area contributed by atoms with Gasteiger partial charge in [0.1, 0.15) is 17.8 Å². The minimum absolute atomic E-state index is 0.154. The molecule has 1 unspecified atom stereocenters. The summed E-state index contributed by atoms with van der Waals surface area (Å²) in [5.41, 5.74) is 1.34. The SMILES string of the molecule is CC(=O)Oc1ccc([S+](C)Cc2ccccc2)cc1.F[As-](F)(F)(F)(F)F. The molecule has 0 heterocycles. The quantitative estimate of drug-likeness (QED) is 0.196. The van der Waals surface area contributed by atoms with Crippen molar-refractivity contribution in [2.24, 2.45) is 0 Å². The van der Waals surface area contributed by atoms with Crippen molar-refractivity contribution in [1.82, 2.24) is 0 Å². The molecule has 0 aromatic heterocycles. The number of hydrogen-bond donors (Lipinski definition) is 0. The standard InChI is InChI=1S/C16H17O2S.AsF6/c1-13(17)18-15-8-10-16(11-9-15)19(2)12-14-6-4-3-5-7-14;2-1(3,4,5,6)7/h3-11H,12H2,1-2H3;/q+1;-1. The van der Waals surface area contributed by atoms with E-state index in [0.29, 0.717) is 5.75 Å². The van der Waals surface area contributed by atoms with E-state index in [1.807, 2.05) is 30.3 Å². The number of halogens is 6. The van der Waals surface area contributed by atoms with E-state index in [2.05, 4.69) is 30.5 Å². The first-order chi connectivity index (χ1) is 11.6. The van der Waals surface area contributed by atoms with E-state index < -0.39 is 14.2 Å². The molecule has 26 heavy (non-hydrogen) atoms. The molecule has 0 bridgehead atoms. The van der Waals surface area contributed by atoms with Gasteiger partial charge in [-0.1, -0.05) is 30.3 Å². The van der Waals surface area contributed by atoms with Crippen LogP contribution >= 0.6 is 0 Å². The van der Waals surface area contributed by atoms with E-state index in [4.69, 9.17) is 4.74 Å². The summed E-state index contributed by atoms with van der Waals surface area (Å²) in [5.74, 6) is 1.36. The Kier molecular flexibility index (Phi) is 6.53. The zero-order chi connectivity index (χ0) is 20.1. The summed E-state index contributed by atoms with van der Waals surface area (Å²) in [6.07, 6.45) is 2.23. The number of benzene rings is 2. The van der Waals surface area contributed by atoms with Gasteiger partial charge in [0.25, 0.3) is 0 Å². The molecule has 10 heteroatoms. The molecule has 0 N–H and O–H groups in total. The van der Waals surface area contributed by atoms with Crippen LogP contribution in [0, 0.1) is 0 Å². The van der Waals surface area contributed by atoms with Crippen LogP contribution in [-0.2, 0) is 21.4 Å². The summed E-state index contributed by atoms with van der Waals surface area (Å²) in [6, 6.07) is 18.2.